The highest BCUT2D eigenvalue weighted by Gasteiger charge is 2.10. The zero-order valence-corrected chi connectivity index (χ0v) is 11.1. The number of aliphatic hydroxyl groups excluding tert-OH is 1. The van der Waals surface area contributed by atoms with Crippen LogP contribution in [0.3, 0.4) is 0 Å². The molecule has 0 saturated carbocycles. The lowest BCUT2D eigenvalue weighted by Crippen LogP contribution is -2.30. The molecule has 0 aliphatic heterocycles. The Morgan fingerprint density at radius 3 is 2.29 bits per heavy atom. The molecular weight excluding hydrogens is 210 g/mol. The van der Waals surface area contributed by atoms with E-state index in [1.165, 1.54) is 5.69 Å². The summed E-state index contributed by atoms with van der Waals surface area (Å²) in [5, 5.41) is 9.74. The second-order valence-corrected chi connectivity index (χ2v) is 4.55. The fourth-order valence-electron chi connectivity index (χ4n) is 1.88. The lowest BCUT2D eigenvalue weighted by Gasteiger charge is -2.28. The van der Waals surface area contributed by atoms with E-state index in [1.54, 1.807) is 0 Å². The molecule has 0 spiro atoms. The highest BCUT2D eigenvalue weighted by molar-refractivity contribution is 5.49. The molecule has 94 valence electrons. The first kappa shape index (κ1) is 13.8. The standard InChI is InChI=1S/C15H23NO/c1-5-11-16(12(3)4)14-9-7-13(8-10-14)15(17)6-2/h5,7-10,12,15,17H,1,6,11H2,2-4H3/t15-/m1/s1. The number of anilines is 1. The van der Waals surface area contributed by atoms with E-state index in [-0.39, 0.29) is 6.10 Å². The second-order valence-electron chi connectivity index (χ2n) is 4.55. The maximum Gasteiger partial charge on any atom is 0.0787 e. The first-order valence-electron chi connectivity index (χ1n) is 6.25. The lowest BCUT2D eigenvalue weighted by molar-refractivity contribution is 0.173. The van der Waals surface area contributed by atoms with Crippen LogP contribution in [0.15, 0.2) is 36.9 Å². The van der Waals surface area contributed by atoms with E-state index in [0.29, 0.717) is 6.04 Å². The van der Waals surface area contributed by atoms with Gasteiger partial charge in [-0.1, -0.05) is 25.1 Å². The van der Waals surface area contributed by atoms with Gasteiger partial charge < -0.3 is 10.0 Å². The molecule has 1 aromatic rings. The molecule has 0 bridgehead atoms. The summed E-state index contributed by atoms with van der Waals surface area (Å²) in [6.07, 6.45) is 2.31. The second kappa shape index (κ2) is 6.45. The highest BCUT2D eigenvalue weighted by Crippen LogP contribution is 2.22. The molecule has 1 aromatic carbocycles. The molecule has 17 heavy (non-hydrogen) atoms. The minimum atomic E-state index is -0.351. The summed E-state index contributed by atoms with van der Waals surface area (Å²) in [7, 11) is 0. The van der Waals surface area contributed by atoms with Crippen LogP contribution in [0.5, 0.6) is 0 Å². The minimum absolute atomic E-state index is 0.351. The molecule has 0 radical (unpaired) electrons. The van der Waals surface area contributed by atoms with E-state index in [1.807, 2.05) is 25.1 Å². The molecule has 0 aromatic heterocycles. The average molecular weight is 233 g/mol. The smallest absolute Gasteiger partial charge is 0.0787 e. The molecule has 2 heteroatoms. The fraction of sp³-hybridized carbons (Fsp3) is 0.467. The van der Waals surface area contributed by atoms with Gasteiger partial charge in [0.25, 0.3) is 0 Å². The number of nitrogens with zero attached hydrogens (tertiary/aromatic N) is 1. The maximum absolute atomic E-state index is 9.74. The molecule has 0 aliphatic carbocycles. The minimum Gasteiger partial charge on any atom is -0.388 e. The van der Waals surface area contributed by atoms with Crippen molar-refractivity contribution in [3.8, 4) is 0 Å². The van der Waals surface area contributed by atoms with Gasteiger partial charge in [-0.15, -0.1) is 6.58 Å². The maximum atomic E-state index is 9.74. The number of hydrogen-bond donors (Lipinski definition) is 1. The number of benzene rings is 1. The topological polar surface area (TPSA) is 23.5 Å². The van der Waals surface area contributed by atoms with Crippen LogP contribution in [-0.2, 0) is 0 Å². The molecular formula is C15H23NO. The van der Waals surface area contributed by atoms with Gasteiger partial charge in [0, 0.05) is 18.3 Å². The Bertz CT molecular complexity index is 342. The summed E-state index contributed by atoms with van der Waals surface area (Å²) in [5.74, 6) is 0. The van der Waals surface area contributed by atoms with Crippen molar-refractivity contribution in [2.24, 2.45) is 0 Å². The Balaban J connectivity index is 2.87. The van der Waals surface area contributed by atoms with Crippen molar-refractivity contribution in [3.63, 3.8) is 0 Å². The Hall–Kier alpha value is -1.28. The summed E-state index contributed by atoms with van der Waals surface area (Å²) in [4.78, 5) is 2.27. The van der Waals surface area contributed by atoms with Crippen molar-refractivity contribution in [1.29, 1.82) is 0 Å². The monoisotopic (exact) mass is 233 g/mol. The van der Waals surface area contributed by atoms with E-state index >= 15 is 0 Å². The number of rotatable bonds is 6. The zero-order valence-electron chi connectivity index (χ0n) is 11.1. The molecule has 1 N–H and O–H groups in total. The van der Waals surface area contributed by atoms with Gasteiger partial charge in [-0.3, -0.25) is 0 Å². The van der Waals surface area contributed by atoms with Gasteiger partial charge in [-0.25, -0.2) is 0 Å². The molecule has 1 rings (SSSR count). The van der Waals surface area contributed by atoms with Crippen LogP contribution in [-0.4, -0.2) is 17.7 Å². The van der Waals surface area contributed by atoms with Crippen LogP contribution in [0.4, 0.5) is 5.69 Å². The van der Waals surface area contributed by atoms with Gasteiger partial charge in [0.2, 0.25) is 0 Å². The molecule has 1 atom stereocenters. The summed E-state index contributed by atoms with van der Waals surface area (Å²) in [6.45, 7) is 10.9. The van der Waals surface area contributed by atoms with Crippen molar-refractivity contribution < 1.29 is 5.11 Å². The zero-order chi connectivity index (χ0) is 12.8. The Labute approximate surface area is 105 Å². The van der Waals surface area contributed by atoms with E-state index in [9.17, 15) is 5.11 Å². The van der Waals surface area contributed by atoms with Crippen molar-refractivity contribution in [3.05, 3.63) is 42.5 Å². The van der Waals surface area contributed by atoms with Crippen molar-refractivity contribution >= 4 is 5.69 Å². The van der Waals surface area contributed by atoms with Crippen LogP contribution >= 0.6 is 0 Å². The average Bonchev–Trinajstić information content (AvgIpc) is 2.35. The van der Waals surface area contributed by atoms with Gasteiger partial charge in [0.05, 0.1) is 6.10 Å². The first-order chi connectivity index (χ1) is 8.10. The predicted octanol–water partition coefficient (Wildman–Crippen LogP) is 3.53. The third-order valence-electron chi connectivity index (χ3n) is 2.95. The Morgan fingerprint density at radius 2 is 1.88 bits per heavy atom. The third-order valence-corrected chi connectivity index (χ3v) is 2.95. The van der Waals surface area contributed by atoms with Crippen molar-refractivity contribution in [2.45, 2.75) is 39.3 Å². The molecule has 0 saturated heterocycles. The summed E-state index contributed by atoms with van der Waals surface area (Å²) in [6, 6.07) is 8.58. The van der Waals surface area contributed by atoms with E-state index < -0.39 is 0 Å². The summed E-state index contributed by atoms with van der Waals surface area (Å²) in [5.41, 5.74) is 2.16. The molecule has 0 amide bonds. The van der Waals surface area contributed by atoms with Gasteiger partial charge in [-0.2, -0.15) is 0 Å². The SMILES string of the molecule is C=CCN(c1ccc([C@H](O)CC)cc1)C(C)C. The quantitative estimate of drug-likeness (QED) is 0.760. The largest absolute Gasteiger partial charge is 0.388 e. The summed E-state index contributed by atoms with van der Waals surface area (Å²) >= 11 is 0. The first-order valence-corrected chi connectivity index (χ1v) is 6.25. The van der Waals surface area contributed by atoms with E-state index in [4.69, 9.17) is 0 Å². The van der Waals surface area contributed by atoms with E-state index in [0.717, 1.165) is 18.5 Å². The van der Waals surface area contributed by atoms with Gasteiger partial charge in [0.1, 0.15) is 0 Å². The normalized spacial score (nSPS) is 12.5. The molecule has 0 fully saturated rings. The van der Waals surface area contributed by atoms with Gasteiger partial charge >= 0.3 is 0 Å². The van der Waals surface area contributed by atoms with Gasteiger partial charge in [-0.05, 0) is 38.0 Å². The van der Waals surface area contributed by atoms with Crippen molar-refractivity contribution in [1.82, 2.24) is 0 Å². The van der Waals surface area contributed by atoms with E-state index in [2.05, 4.69) is 37.5 Å². The summed E-state index contributed by atoms with van der Waals surface area (Å²) < 4.78 is 0. The van der Waals surface area contributed by atoms with Gasteiger partial charge in [0.15, 0.2) is 0 Å². The fourth-order valence-corrected chi connectivity index (χ4v) is 1.88. The molecule has 0 unspecified atom stereocenters. The van der Waals surface area contributed by atoms with Crippen LogP contribution in [0.25, 0.3) is 0 Å². The Morgan fingerprint density at radius 1 is 1.29 bits per heavy atom. The predicted molar refractivity (Wildman–Crippen MR) is 74.4 cm³/mol. The third kappa shape index (κ3) is 3.60. The highest BCUT2D eigenvalue weighted by atomic mass is 16.3. The van der Waals surface area contributed by atoms with Crippen molar-refractivity contribution in [2.75, 3.05) is 11.4 Å². The van der Waals surface area contributed by atoms with Crippen LogP contribution in [0.1, 0.15) is 38.9 Å². The van der Waals surface area contributed by atoms with Crippen LogP contribution < -0.4 is 4.90 Å². The lowest BCUT2D eigenvalue weighted by atomic mass is 10.1. The number of hydrogen-bond acceptors (Lipinski definition) is 2. The van der Waals surface area contributed by atoms with Crippen LogP contribution in [0.2, 0.25) is 0 Å². The molecule has 0 heterocycles. The number of aliphatic hydroxyl groups is 1. The molecule has 0 aliphatic rings. The Kier molecular flexibility index (Phi) is 5.23. The van der Waals surface area contributed by atoms with Crippen LogP contribution in [0, 0.1) is 0 Å². The molecule has 2 nitrogen and oxygen atoms in total.